The first-order valence-electron chi connectivity index (χ1n) is 7.59. The summed E-state index contributed by atoms with van der Waals surface area (Å²) in [6, 6.07) is 20.1. The first-order valence-corrected chi connectivity index (χ1v) is 7.59. The lowest BCUT2D eigenvalue weighted by molar-refractivity contribution is 0.137. The average molecular weight is 305 g/mol. The summed E-state index contributed by atoms with van der Waals surface area (Å²) in [5.74, 6) is 1.31. The molecule has 0 atom stereocenters. The Labute approximate surface area is 136 Å². The van der Waals surface area contributed by atoms with Crippen LogP contribution in [-0.4, -0.2) is 0 Å². The molecule has 1 aliphatic rings. The van der Waals surface area contributed by atoms with E-state index in [2.05, 4.69) is 5.32 Å². The van der Waals surface area contributed by atoms with E-state index in [0.717, 1.165) is 11.1 Å². The molecule has 3 nitrogen and oxygen atoms in total. The Bertz CT molecular complexity index is 703. The van der Waals surface area contributed by atoms with Crippen LogP contribution < -0.4 is 5.32 Å². The van der Waals surface area contributed by atoms with Gasteiger partial charge in [-0.15, -0.1) is 0 Å². The molecule has 1 aliphatic heterocycles. The third-order valence-corrected chi connectivity index (χ3v) is 3.36. The lowest BCUT2D eigenvalue weighted by Crippen LogP contribution is -2.12. The highest BCUT2D eigenvalue weighted by Crippen LogP contribution is 2.15. The maximum Gasteiger partial charge on any atom is 0.234 e. The minimum absolute atomic E-state index is 0.489. The van der Waals surface area contributed by atoms with Crippen LogP contribution >= 0.6 is 0 Å². The summed E-state index contributed by atoms with van der Waals surface area (Å²) in [5.41, 5.74) is 2.23. The van der Waals surface area contributed by atoms with E-state index in [1.54, 1.807) is 0 Å². The molecule has 0 fully saturated rings. The third-order valence-electron chi connectivity index (χ3n) is 3.36. The molecule has 23 heavy (non-hydrogen) atoms. The largest absolute Gasteiger partial charge is 0.483 e. The van der Waals surface area contributed by atoms with Crippen molar-refractivity contribution in [2.24, 2.45) is 0 Å². The summed E-state index contributed by atoms with van der Waals surface area (Å²) in [7, 11) is 0. The van der Waals surface area contributed by atoms with Crippen molar-refractivity contribution in [2.75, 3.05) is 0 Å². The van der Waals surface area contributed by atoms with Crippen molar-refractivity contribution in [3.05, 3.63) is 108 Å². The van der Waals surface area contributed by atoms with Gasteiger partial charge in [-0.25, -0.2) is 0 Å². The molecule has 0 aromatic heterocycles. The van der Waals surface area contributed by atoms with E-state index < -0.39 is 0 Å². The van der Waals surface area contributed by atoms with Crippen molar-refractivity contribution in [1.82, 2.24) is 5.32 Å². The SMILES string of the molecule is C1=CNC(OCc2ccccc2)=C(OCc2ccccc2)C=C1. The van der Waals surface area contributed by atoms with Gasteiger partial charge in [0.05, 0.1) is 0 Å². The van der Waals surface area contributed by atoms with Crippen molar-refractivity contribution in [3.63, 3.8) is 0 Å². The van der Waals surface area contributed by atoms with Gasteiger partial charge in [-0.3, -0.25) is 0 Å². The topological polar surface area (TPSA) is 30.5 Å². The lowest BCUT2D eigenvalue weighted by atomic mass is 10.2. The van der Waals surface area contributed by atoms with Gasteiger partial charge in [0.2, 0.25) is 5.88 Å². The fourth-order valence-electron chi connectivity index (χ4n) is 2.16. The standard InChI is InChI=1S/C20H19NO2/c1-3-9-17(10-4-1)15-22-19-13-7-8-14-21-20(19)23-16-18-11-5-2-6-12-18/h1-14,21H,15-16H2. The van der Waals surface area contributed by atoms with E-state index >= 15 is 0 Å². The molecule has 2 aromatic carbocycles. The Morgan fingerprint density at radius 3 is 1.96 bits per heavy atom. The molecule has 3 heteroatoms. The minimum atomic E-state index is 0.489. The molecular formula is C20H19NO2. The van der Waals surface area contributed by atoms with Crippen LogP contribution in [0.25, 0.3) is 0 Å². The zero-order chi connectivity index (χ0) is 15.7. The zero-order valence-corrected chi connectivity index (χ0v) is 12.8. The number of hydrogen-bond acceptors (Lipinski definition) is 3. The molecule has 0 radical (unpaired) electrons. The van der Waals surface area contributed by atoms with E-state index in [-0.39, 0.29) is 0 Å². The quantitative estimate of drug-likeness (QED) is 0.865. The highest BCUT2D eigenvalue weighted by Gasteiger charge is 2.09. The second-order valence-electron chi connectivity index (χ2n) is 5.10. The number of rotatable bonds is 6. The summed E-state index contributed by atoms with van der Waals surface area (Å²) in [4.78, 5) is 0. The molecule has 0 saturated heterocycles. The Balaban J connectivity index is 1.68. The van der Waals surface area contributed by atoms with Crippen molar-refractivity contribution < 1.29 is 9.47 Å². The molecular weight excluding hydrogens is 286 g/mol. The number of ether oxygens (including phenoxy) is 2. The van der Waals surface area contributed by atoms with Crippen LogP contribution in [-0.2, 0) is 22.7 Å². The van der Waals surface area contributed by atoms with Crippen molar-refractivity contribution in [1.29, 1.82) is 0 Å². The van der Waals surface area contributed by atoms with Gasteiger partial charge >= 0.3 is 0 Å². The first kappa shape index (κ1) is 15.0. The monoisotopic (exact) mass is 305 g/mol. The van der Waals surface area contributed by atoms with Crippen LogP contribution in [0.2, 0.25) is 0 Å². The van der Waals surface area contributed by atoms with E-state index in [4.69, 9.17) is 9.47 Å². The zero-order valence-electron chi connectivity index (χ0n) is 12.8. The normalized spacial score (nSPS) is 13.4. The number of nitrogens with one attached hydrogen (secondary N) is 1. The summed E-state index contributed by atoms with van der Waals surface area (Å²) < 4.78 is 11.8. The maximum absolute atomic E-state index is 5.92. The van der Waals surface area contributed by atoms with E-state index in [1.165, 1.54) is 0 Å². The predicted molar refractivity (Wildman–Crippen MR) is 90.9 cm³/mol. The minimum Gasteiger partial charge on any atom is -0.483 e. The van der Waals surface area contributed by atoms with Gasteiger partial charge in [-0.1, -0.05) is 66.7 Å². The molecule has 2 aromatic rings. The van der Waals surface area contributed by atoms with Gasteiger partial charge in [0.15, 0.2) is 5.76 Å². The Morgan fingerprint density at radius 1 is 0.696 bits per heavy atom. The van der Waals surface area contributed by atoms with E-state index in [9.17, 15) is 0 Å². The van der Waals surface area contributed by atoms with Crippen LogP contribution in [0.3, 0.4) is 0 Å². The fourth-order valence-corrected chi connectivity index (χ4v) is 2.16. The molecule has 116 valence electrons. The van der Waals surface area contributed by atoms with Crippen LogP contribution in [0.15, 0.2) is 96.7 Å². The summed E-state index contributed by atoms with van der Waals surface area (Å²) in [6.45, 7) is 0.990. The first-order chi connectivity index (χ1) is 11.4. The second kappa shape index (κ2) is 7.90. The molecule has 0 amide bonds. The summed E-state index contributed by atoms with van der Waals surface area (Å²) >= 11 is 0. The fraction of sp³-hybridized carbons (Fsp3) is 0.100. The summed E-state index contributed by atoms with van der Waals surface area (Å²) in [6.07, 6.45) is 7.56. The van der Waals surface area contributed by atoms with Gasteiger partial charge in [-0.2, -0.15) is 0 Å². The number of allylic oxidation sites excluding steroid dienone is 3. The summed E-state index contributed by atoms with van der Waals surface area (Å²) in [5, 5.41) is 3.13. The number of hydrogen-bond donors (Lipinski definition) is 1. The van der Waals surface area contributed by atoms with Crippen LogP contribution in [0.4, 0.5) is 0 Å². The molecule has 1 N–H and O–H groups in total. The Morgan fingerprint density at radius 2 is 1.30 bits per heavy atom. The van der Waals surface area contributed by atoms with Gasteiger partial charge in [0.1, 0.15) is 13.2 Å². The molecule has 1 heterocycles. The van der Waals surface area contributed by atoms with Gasteiger partial charge < -0.3 is 14.8 Å². The van der Waals surface area contributed by atoms with Crippen molar-refractivity contribution >= 4 is 0 Å². The highest BCUT2D eigenvalue weighted by molar-refractivity contribution is 5.25. The second-order valence-corrected chi connectivity index (χ2v) is 5.10. The van der Waals surface area contributed by atoms with Gasteiger partial charge in [0.25, 0.3) is 0 Å². The third kappa shape index (κ3) is 4.51. The van der Waals surface area contributed by atoms with Gasteiger partial charge in [0, 0.05) is 6.20 Å². The van der Waals surface area contributed by atoms with Crippen LogP contribution in [0.1, 0.15) is 11.1 Å². The predicted octanol–water partition coefficient (Wildman–Crippen LogP) is 4.26. The smallest absolute Gasteiger partial charge is 0.234 e. The Hall–Kier alpha value is -2.94. The molecule has 0 bridgehead atoms. The van der Waals surface area contributed by atoms with E-state index in [1.807, 2.05) is 85.1 Å². The van der Waals surface area contributed by atoms with Crippen molar-refractivity contribution in [2.45, 2.75) is 13.2 Å². The maximum atomic E-state index is 5.92. The van der Waals surface area contributed by atoms with Crippen molar-refractivity contribution in [3.8, 4) is 0 Å². The Kier molecular flexibility index (Phi) is 5.14. The average Bonchev–Trinajstić information content (AvgIpc) is 2.85. The highest BCUT2D eigenvalue weighted by atomic mass is 16.5. The van der Waals surface area contributed by atoms with Gasteiger partial charge in [-0.05, 0) is 23.3 Å². The van der Waals surface area contributed by atoms with E-state index in [0.29, 0.717) is 24.9 Å². The molecule has 0 unspecified atom stereocenters. The molecule has 0 aliphatic carbocycles. The van der Waals surface area contributed by atoms with Crippen LogP contribution in [0, 0.1) is 0 Å². The molecule has 0 saturated carbocycles. The molecule has 0 spiro atoms. The molecule has 3 rings (SSSR count). The number of benzene rings is 2. The lowest BCUT2D eigenvalue weighted by Gasteiger charge is -2.14. The van der Waals surface area contributed by atoms with Crippen LogP contribution in [0.5, 0.6) is 0 Å².